The lowest BCUT2D eigenvalue weighted by atomic mass is 9.76. The number of carbonyl (C=O) groups is 1. The fourth-order valence-electron chi connectivity index (χ4n) is 2.91. The van der Waals surface area contributed by atoms with Crippen molar-refractivity contribution in [3.63, 3.8) is 0 Å². The van der Waals surface area contributed by atoms with E-state index in [1.807, 2.05) is 12.1 Å². The highest BCUT2D eigenvalue weighted by Gasteiger charge is 2.36. The second-order valence-corrected chi connectivity index (χ2v) is 5.99. The Hall–Kier alpha value is -2.54. The van der Waals surface area contributed by atoms with Crippen LogP contribution in [0, 0.1) is 5.92 Å². The molecule has 1 aliphatic rings. The first kappa shape index (κ1) is 17.3. The zero-order valence-corrected chi connectivity index (χ0v) is 13.3. The summed E-state index contributed by atoms with van der Waals surface area (Å²) in [5, 5.41) is 12.5. The van der Waals surface area contributed by atoms with Crippen molar-refractivity contribution in [2.24, 2.45) is 5.92 Å². The fraction of sp³-hybridized carbons (Fsp3) is 0.333. The largest absolute Gasteiger partial charge is 0.435 e. The summed E-state index contributed by atoms with van der Waals surface area (Å²) in [6.07, 6.45) is 2.50. The molecule has 1 amide bonds. The summed E-state index contributed by atoms with van der Waals surface area (Å²) in [6.45, 7) is -2.90. The van der Waals surface area contributed by atoms with Crippen LogP contribution in [-0.4, -0.2) is 28.7 Å². The van der Waals surface area contributed by atoms with Crippen molar-refractivity contribution in [2.75, 3.05) is 0 Å². The molecule has 7 heteroatoms. The number of carbonyl (C=O) groups excluding carboxylic acids is 1. The number of hydrogen-bond acceptors (Lipinski definition) is 4. The number of hydrogen-bond donors (Lipinski definition) is 2. The highest BCUT2D eigenvalue weighted by atomic mass is 19.3. The van der Waals surface area contributed by atoms with Crippen LogP contribution in [0.3, 0.4) is 0 Å². The second-order valence-electron chi connectivity index (χ2n) is 5.99. The van der Waals surface area contributed by atoms with Gasteiger partial charge in [0.05, 0.1) is 17.8 Å². The predicted molar refractivity (Wildman–Crippen MR) is 86.2 cm³/mol. The molecule has 0 unspecified atom stereocenters. The zero-order chi connectivity index (χ0) is 17.8. The van der Waals surface area contributed by atoms with Gasteiger partial charge in [0.25, 0.3) is 5.91 Å². The van der Waals surface area contributed by atoms with Crippen molar-refractivity contribution >= 4 is 5.91 Å². The zero-order valence-electron chi connectivity index (χ0n) is 13.3. The maximum atomic E-state index is 12.5. The number of benzene rings is 1. The quantitative estimate of drug-likeness (QED) is 0.842. The molecule has 0 saturated heterocycles. The monoisotopic (exact) mass is 348 g/mol. The van der Waals surface area contributed by atoms with Crippen LogP contribution >= 0.6 is 0 Å². The minimum atomic E-state index is -2.90. The first-order valence-corrected chi connectivity index (χ1v) is 7.97. The summed E-state index contributed by atoms with van der Waals surface area (Å²) in [7, 11) is 0. The Morgan fingerprint density at radius 1 is 1.20 bits per heavy atom. The van der Waals surface area contributed by atoms with Crippen LogP contribution in [0.25, 0.3) is 0 Å². The van der Waals surface area contributed by atoms with Crippen LogP contribution in [0.1, 0.15) is 34.9 Å². The molecule has 1 aliphatic carbocycles. The van der Waals surface area contributed by atoms with Gasteiger partial charge in [-0.1, -0.05) is 6.07 Å². The Balaban J connectivity index is 1.72. The van der Waals surface area contributed by atoms with Crippen LogP contribution in [-0.2, 0) is 0 Å². The summed E-state index contributed by atoms with van der Waals surface area (Å²) < 4.78 is 28.6. The van der Waals surface area contributed by atoms with Gasteiger partial charge in [0.2, 0.25) is 0 Å². The van der Waals surface area contributed by atoms with E-state index >= 15 is 0 Å². The molecule has 1 saturated carbocycles. The van der Waals surface area contributed by atoms with E-state index in [9.17, 15) is 18.7 Å². The molecule has 2 N–H and O–H groups in total. The van der Waals surface area contributed by atoms with Gasteiger partial charge in [0, 0.05) is 11.8 Å². The van der Waals surface area contributed by atoms with Crippen molar-refractivity contribution in [3.8, 4) is 5.75 Å². The van der Waals surface area contributed by atoms with E-state index < -0.39 is 6.61 Å². The van der Waals surface area contributed by atoms with E-state index in [4.69, 9.17) is 0 Å². The highest BCUT2D eigenvalue weighted by molar-refractivity contribution is 5.94. The second kappa shape index (κ2) is 7.57. The molecular weight excluding hydrogens is 330 g/mol. The molecule has 0 bridgehead atoms. The molecular formula is C18H18F2N2O3. The normalized spacial score (nSPS) is 20.6. The van der Waals surface area contributed by atoms with E-state index in [1.165, 1.54) is 24.3 Å². The minimum absolute atomic E-state index is 0.00468. The molecule has 0 spiro atoms. The van der Waals surface area contributed by atoms with E-state index in [-0.39, 0.29) is 29.7 Å². The number of alkyl halides is 2. The lowest BCUT2D eigenvalue weighted by molar-refractivity contribution is -0.0498. The fourth-order valence-corrected chi connectivity index (χ4v) is 2.91. The van der Waals surface area contributed by atoms with Crippen LogP contribution in [0.2, 0.25) is 0 Å². The van der Waals surface area contributed by atoms with Gasteiger partial charge in [-0.3, -0.25) is 9.78 Å². The van der Waals surface area contributed by atoms with Gasteiger partial charge >= 0.3 is 6.61 Å². The maximum absolute atomic E-state index is 12.5. The number of aliphatic hydroxyl groups excluding tert-OH is 1. The number of halogens is 2. The molecule has 1 fully saturated rings. The van der Waals surface area contributed by atoms with Crippen molar-refractivity contribution in [1.29, 1.82) is 0 Å². The Kier molecular flexibility index (Phi) is 5.23. The number of nitrogens with one attached hydrogen (secondary N) is 1. The molecule has 0 radical (unpaired) electrons. The van der Waals surface area contributed by atoms with E-state index in [2.05, 4.69) is 15.0 Å². The summed E-state index contributed by atoms with van der Waals surface area (Å²) in [5.74, 6) is -0.231. The van der Waals surface area contributed by atoms with Crippen molar-refractivity contribution in [1.82, 2.24) is 10.3 Å². The maximum Gasteiger partial charge on any atom is 0.387 e. The molecule has 5 nitrogen and oxygen atoms in total. The summed E-state index contributed by atoms with van der Waals surface area (Å²) in [4.78, 5) is 16.8. The number of rotatable bonds is 6. The van der Waals surface area contributed by atoms with Gasteiger partial charge < -0.3 is 15.2 Å². The average Bonchev–Trinajstić information content (AvgIpc) is 2.58. The molecule has 25 heavy (non-hydrogen) atoms. The van der Waals surface area contributed by atoms with Gasteiger partial charge in [-0.2, -0.15) is 8.78 Å². The van der Waals surface area contributed by atoms with Gasteiger partial charge in [-0.15, -0.1) is 0 Å². The van der Waals surface area contributed by atoms with Crippen LogP contribution in [0.5, 0.6) is 5.75 Å². The van der Waals surface area contributed by atoms with Crippen molar-refractivity contribution < 1.29 is 23.4 Å². The summed E-state index contributed by atoms with van der Waals surface area (Å²) >= 11 is 0. The number of ether oxygens (including phenoxy) is 1. The van der Waals surface area contributed by atoms with E-state index in [0.717, 1.165) is 5.69 Å². The lowest BCUT2D eigenvalue weighted by Gasteiger charge is -2.37. The number of nitrogens with zero attached hydrogens (tertiary/aromatic N) is 1. The van der Waals surface area contributed by atoms with E-state index in [0.29, 0.717) is 18.4 Å². The lowest BCUT2D eigenvalue weighted by Crippen LogP contribution is -2.41. The molecule has 1 heterocycles. The first-order chi connectivity index (χ1) is 12.0. The summed E-state index contributed by atoms with van der Waals surface area (Å²) in [5.41, 5.74) is 1.06. The molecule has 132 valence electrons. The van der Waals surface area contributed by atoms with Crippen LogP contribution < -0.4 is 10.1 Å². The van der Waals surface area contributed by atoms with Gasteiger partial charge in [0.1, 0.15) is 5.75 Å². The third kappa shape index (κ3) is 4.30. The topological polar surface area (TPSA) is 71.5 Å². The molecule has 1 aromatic heterocycles. The third-order valence-corrected chi connectivity index (χ3v) is 4.26. The SMILES string of the molecule is O=C(N[C@@H](c1ccccn1)C1CC(O)C1)c1ccc(OC(F)F)cc1. The smallest absolute Gasteiger partial charge is 0.387 e. The predicted octanol–water partition coefficient (Wildman–Crippen LogP) is 2.93. The Bertz CT molecular complexity index is 704. The standard InChI is InChI=1S/C18H18F2N2O3/c19-18(20)25-14-6-4-11(5-7-14)17(24)22-16(12-9-13(23)10-12)15-3-1-2-8-21-15/h1-8,12-13,16,18,23H,9-10H2,(H,22,24)/t12?,13?,16-/m1/s1. The number of pyridine rings is 1. The van der Waals surface area contributed by atoms with Crippen molar-refractivity contribution in [2.45, 2.75) is 31.6 Å². The Morgan fingerprint density at radius 3 is 2.48 bits per heavy atom. The third-order valence-electron chi connectivity index (χ3n) is 4.26. The average molecular weight is 348 g/mol. The Morgan fingerprint density at radius 2 is 1.92 bits per heavy atom. The molecule has 3 rings (SSSR count). The molecule has 2 aromatic rings. The van der Waals surface area contributed by atoms with Crippen molar-refractivity contribution in [3.05, 3.63) is 59.9 Å². The molecule has 1 aromatic carbocycles. The minimum Gasteiger partial charge on any atom is -0.435 e. The number of amides is 1. The van der Waals surface area contributed by atoms with Gasteiger partial charge in [0.15, 0.2) is 0 Å². The van der Waals surface area contributed by atoms with Gasteiger partial charge in [-0.05, 0) is 55.2 Å². The van der Waals surface area contributed by atoms with Gasteiger partial charge in [-0.25, -0.2) is 0 Å². The van der Waals surface area contributed by atoms with E-state index in [1.54, 1.807) is 12.3 Å². The highest BCUT2D eigenvalue weighted by Crippen LogP contribution is 2.37. The Labute approximate surface area is 143 Å². The van der Waals surface area contributed by atoms with Crippen LogP contribution in [0.15, 0.2) is 48.7 Å². The summed E-state index contributed by atoms with van der Waals surface area (Å²) in [6, 6.07) is 10.7. The number of aliphatic hydroxyl groups is 1. The first-order valence-electron chi connectivity index (χ1n) is 7.97. The van der Waals surface area contributed by atoms with Crippen LogP contribution in [0.4, 0.5) is 8.78 Å². The molecule has 0 aliphatic heterocycles. The molecule has 1 atom stereocenters. The number of aromatic nitrogens is 1.